The van der Waals surface area contributed by atoms with Gasteiger partial charge in [0.2, 0.25) is 5.43 Å². The Bertz CT molecular complexity index is 940. The van der Waals surface area contributed by atoms with E-state index in [4.69, 9.17) is 9.15 Å². The molecule has 0 bridgehead atoms. The summed E-state index contributed by atoms with van der Waals surface area (Å²) in [6.45, 7) is 3.93. The van der Waals surface area contributed by atoms with E-state index in [1.807, 2.05) is 43.3 Å². The minimum absolute atomic E-state index is 0.00363. The van der Waals surface area contributed by atoms with E-state index in [0.717, 1.165) is 34.2 Å². The maximum atomic E-state index is 13.1. The van der Waals surface area contributed by atoms with Crippen LogP contribution in [0.3, 0.4) is 0 Å². The minimum Gasteiger partial charge on any atom is -0.496 e. The van der Waals surface area contributed by atoms with Gasteiger partial charge in [-0.25, -0.2) is 0 Å². The summed E-state index contributed by atoms with van der Waals surface area (Å²) in [4.78, 5) is 13.1. The number of hydrogen-bond donors (Lipinski definition) is 0. The Morgan fingerprint density at radius 1 is 1.17 bits per heavy atom. The normalized spacial score (nSPS) is 11.0. The summed E-state index contributed by atoms with van der Waals surface area (Å²) in [6.07, 6.45) is 1.85. The number of hydrogen-bond acceptors (Lipinski definition) is 3. The minimum atomic E-state index is -0.00363. The summed E-state index contributed by atoms with van der Waals surface area (Å²) < 4.78 is 12.4. The highest BCUT2D eigenvalue weighted by molar-refractivity contribution is 9.10. The molecule has 0 unspecified atom stereocenters. The van der Waals surface area contributed by atoms with E-state index in [2.05, 4.69) is 22.9 Å². The maximum absolute atomic E-state index is 13.1. The molecule has 0 aliphatic rings. The summed E-state index contributed by atoms with van der Waals surface area (Å²) in [7, 11) is 1.64. The van der Waals surface area contributed by atoms with Crippen molar-refractivity contribution in [3.8, 4) is 16.9 Å². The van der Waals surface area contributed by atoms with Crippen LogP contribution in [0.1, 0.15) is 24.7 Å². The first-order valence-corrected chi connectivity index (χ1v) is 8.74. The van der Waals surface area contributed by atoms with Crippen molar-refractivity contribution in [2.75, 3.05) is 7.11 Å². The predicted molar refractivity (Wildman–Crippen MR) is 101 cm³/mol. The third kappa shape index (κ3) is 2.98. The first kappa shape index (κ1) is 16.8. The van der Waals surface area contributed by atoms with Gasteiger partial charge in [-0.15, -0.1) is 0 Å². The molecular formula is C20H19BrO3. The first-order valence-electron chi connectivity index (χ1n) is 7.95. The van der Waals surface area contributed by atoms with E-state index in [0.29, 0.717) is 22.3 Å². The fourth-order valence-corrected chi connectivity index (χ4v) is 3.25. The molecule has 3 nitrogen and oxygen atoms in total. The van der Waals surface area contributed by atoms with E-state index >= 15 is 0 Å². The molecule has 4 heteroatoms. The van der Waals surface area contributed by atoms with Crippen LogP contribution in [-0.2, 0) is 6.42 Å². The molecule has 0 radical (unpaired) electrons. The monoisotopic (exact) mass is 386 g/mol. The van der Waals surface area contributed by atoms with Crippen LogP contribution in [0.25, 0.3) is 22.1 Å². The Morgan fingerprint density at radius 2 is 1.88 bits per heavy atom. The van der Waals surface area contributed by atoms with Crippen molar-refractivity contribution in [2.24, 2.45) is 0 Å². The Hall–Kier alpha value is -2.07. The number of fused-ring (bicyclic) bond motifs is 1. The molecular weight excluding hydrogens is 368 g/mol. The zero-order valence-corrected chi connectivity index (χ0v) is 15.6. The van der Waals surface area contributed by atoms with Gasteiger partial charge in [0.15, 0.2) is 0 Å². The van der Waals surface area contributed by atoms with Crippen molar-refractivity contribution < 1.29 is 9.15 Å². The molecule has 0 amide bonds. The lowest BCUT2D eigenvalue weighted by atomic mass is 10.0. The van der Waals surface area contributed by atoms with Crippen molar-refractivity contribution in [3.63, 3.8) is 0 Å². The zero-order chi connectivity index (χ0) is 17.3. The van der Waals surface area contributed by atoms with Crippen LogP contribution >= 0.6 is 15.9 Å². The largest absolute Gasteiger partial charge is 0.496 e. The van der Waals surface area contributed by atoms with Gasteiger partial charge in [-0.05, 0) is 42.7 Å². The third-order valence-corrected chi connectivity index (χ3v) is 4.65. The lowest BCUT2D eigenvalue weighted by Crippen LogP contribution is -2.08. The molecule has 0 N–H and O–H groups in total. The SMILES string of the molecule is CCCc1cc2c(=O)c(-c3ccc(Br)cc3)c(C)oc2cc1OC. The number of rotatable bonds is 4. The van der Waals surface area contributed by atoms with Gasteiger partial charge in [0, 0.05) is 10.5 Å². The summed E-state index contributed by atoms with van der Waals surface area (Å²) in [5.74, 6) is 1.38. The van der Waals surface area contributed by atoms with Crippen molar-refractivity contribution in [1.29, 1.82) is 0 Å². The highest BCUT2D eigenvalue weighted by atomic mass is 79.9. The van der Waals surface area contributed by atoms with E-state index < -0.39 is 0 Å². The number of aryl methyl sites for hydroxylation is 2. The van der Waals surface area contributed by atoms with Crippen LogP contribution in [0.2, 0.25) is 0 Å². The van der Waals surface area contributed by atoms with Crippen molar-refractivity contribution in [2.45, 2.75) is 26.7 Å². The van der Waals surface area contributed by atoms with Gasteiger partial charge >= 0.3 is 0 Å². The molecule has 0 aliphatic carbocycles. The van der Waals surface area contributed by atoms with Crippen LogP contribution in [-0.4, -0.2) is 7.11 Å². The van der Waals surface area contributed by atoms with Gasteiger partial charge in [-0.3, -0.25) is 4.79 Å². The van der Waals surface area contributed by atoms with Crippen LogP contribution in [0.5, 0.6) is 5.75 Å². The molecule has 0 saturated heterocycles. The van der Waals surface area contributed by atoms with E-state index in [1.165, 1.54) is 0 Å². The van der Waals surface area contributed by atoms with Gasteiger partial charge in [-0.1, -0.05) is 41.4 Å². The molecule has 24 heavy (non-hydrogen) atoms. The summed E-state index contributed by atoms with van der Waals surface area (Å²) in [5.41, 5.74) is 3.07. The first-order chi connectivity index (χ1) is 11.5. The smallest absolute Gasteiger partial charge is 0.200 e. The number of benzene rings is 2. The molecule has 1 heterocycles. The second-order valence-electron chi connectivity index (χ2n) is 5.78. The van der Waals surface area contributed by atoms with Crippen LogP contribution in [0.4, 0.5) is 0 Å². The van der Waals surface area contributed by atoms with Gasteiger partial charge in [0.25, 0.3) is 0 Å². The Kier molecular flexibility index (Phi) is 4.76. The number of methoxy groups -OCH3 is 1. The fourth-order valence-electron chi connectivity index (χ4n) is 2.98. The zero-order valence-electron chi connectivity index (χ0n) is 14.0. The maximum Gasteiger partial charge on any atom is 0.200 e. The summed E-state index contributed by atoms with van der Waals surface area (Å²) in [5, 5.41) is 0.600. The molecule has 0 fully saturated rings. The van der Waals surface area contributed by atoms with Crippen LogP contribution < -0.4 is 10.2 Å². The van der Waals surface area contributed by atoms with Gasteiger partial charge in [0.05, 0.1) is 18.1 Å². The molecule has 3 rings (SSSR count). The lowest BCUT2D eigenvalue weighted by molar-refractivity contribution is 0.408. The van der Waals surface area contributed by atoms with Gasteiger partial charge in [0.1, 0.15) is 17.1 Å². The molecule has 2 aromatic carbocycles. The lowest BCUT2D eigenvalue weighted by Gasteiger charge is -2.11. The van der Waals surface area contributed by atoms with E-state index in [1.54, 1.807) is 7.11 Å². The fraction of sp³-hybridized carbons (Fsp3) is 0.250. The Labute approximate surface area is 149 Å². The second kappa shape index (κ2) is 6.81. The molecule has 3 aromatic rings. The third-order valence-electron chi connectivity index (χ3n) is 4.12. The highest BCUT2D eigenvalue weighted by Gasteiger charge is 2.16. The highest BCUT2D eigenvalue weighted by Crippen LogP contribution is 2.30. The molecule has 124 valence electrons. The standard InChI is InChI=1S/C20H19BrO3/c1-4-5-14-10-16-18(11-17(14)23-3)24-12(2)19(20(16)22)13-6-8-15(21)9-7-13/h6-11H,4-5H2,1-3H3. The average molecular weight is 387 g/mol. The predicted octanol–water partition coefficient (Wildman–Crippen LogP) is 5.49. The summed E-state index contributed by atoms with van der Waals surface area (Å²) in [6, 6.07) is 11.4. The Morgan fingerprint density at radius 3 is 2.50 bits per heavy atom. The topological polar surface area (TPSA) is 39.4 Å². The Balaban J connectivity index is 2.29. The molecule has 0 saturated carbocycles. The van der Waals surface area contributed by atoms with Crippen LogP contribution in [0.15, 0.2) is 50.1 Å². The van der Waals surface area contributed by atoms with Crippen molar-refractivity contribution in [3.05, 3.63) is 62.4 Å². The average Bonchev–Trinajstić information content (AvgIpc) is 2.57. The second-order valence-corrected chi connectivity index (χ2v) is 6.70. The van der Waals surface area contributed by atoms with Crippen molar-refractivity contribution in [1.82, 2.24) is 0 Å². The quantitative estimate of drug-likeness (QED) is 0.594. The summed E-state index contributed by atoms with van der Waals surface area (Å²) >= 11 is 3.42. The van der Waals surface area contributed by atoms with Gasteiger partial charge in [-0.2, -0.15) is 0 Å². The van der Waals surface area contributed by atoms with Crippen molar-refractivity contribution >= 4 is 26.9 Å². The molecule has 1 aromatic heterocycles. The van der Waals surface area contributed by atoms with E-state index in [9.17, 15) is 4.79 Å². The molecule has 0 spiro atoms. The molecule has 0 aliphatic heterocycles. The molecule has 0 atom stereocenters. The number of ether oxygens (including phenoxy) is 1. The van der Waals surface area contributed by atoms with Crippen LogP contribution in [0, 0.1) is 6.92 Å². The van der Waals surface area contributed by atoms with Gasteiger partial charge < -0.3 is 9.15 Å². The number of halogens is 1. The van der Waals surface area contributed by atoms with E-state index in [-0.39, 0.29) is 5.43 Å².